The summed E-state index contributed by atoms with van der Waals surface area (Å²) in [6, 6.07) is 7.06. The Balaban J connectivity index is 2.28. The summed E-state index contributed by atoms with van der Waals surface area (Å²) in [4.78, 5) is 4.01. The molecule has 0 spiro atoms. The zero-order valence-electron chi connectivity index (χ0n) is 8.95. The fraction of sp³-hybridized carbons (Fsp3) is 0. The van der Waals surface area contributed by atoms with Crippen LogP contribution in [0.1, 0.15) is 5.56 Å². The molecular weight excluding hydrogens is 222 g/mol. The molecule has 17 heavy (non-hydrogen) atoms. The topological polar surface area (TPSA) is 24.9 Å². The van der Waals surface area contributed by atoms with E-state index < -0.39 is 11.6 Å². The number of pyridine rings is 1. The van der Waals surface area contributed by atoms with Crippen molar-refractivity contribution in [2.24, 2.45) is 0 Å². The van der Waals surface area contributed by atoms with Crippen molar-refractivity contribution in [1.82, 2.24) is 4.98 Å². The van der Waals surface area contributed by atoms with Crippen LogP contribution in [-0.2, 0) is 0 Å². The van der Waals surface area contributed by atoms with Crippen LogP contribution in [0.15, 0.2) is 43.1 Å². The minimum Gasteiger partial charge on any atom is -0.335 e. The van der Waals surface area contributed by atoms with Crippen molar-refractivity contribution in [2.75, 3.05) is 5.32 Å². The number of para-hydroxylation sites is 1. The first-order chi connectivity index (χ1) is 8.20. The van der Waals surface area contributed by atoms with E-state index in [4.69, 9.17) is 0 Å². The minimum atomic E-state index is -0.653. The smallest absolute Gasteiger partial charge is 0.149 e. The molecule has 0 atom stereocenters. The van der Waals surface area contributed by atoms with Crippen LogP contribution in [0.5, 0.6) is 0 Å². The van der Waals surface area contributed by atoms with Gasteiger partial charge in [0.1, 0.15) is 23.1 Å². The lowest BCUT2D eigenvalue weighted by Gasteiger charge is -2.07. The summed E-state index contributed by atoms with van der Waals surface area (Å²) >= 11 is 0. The van der Waals surface area contributed by atoms with Gasteiger partial charge in [-0.1, -0.05) is 18.7 Å². The van der Waals surface area contributed by atoms with Gasteiger partial charge in [0, 0.05) is 6.20 Å². The average Bonchev–Trinajstić information content (AvgIpc) is 2.35. The molecule has 0 saturated carbocycles. The lowest BCUT2D eigenvalue weighted by molar-refractivity contribution is 0.590. The van der Waals surface area contributed by atoms with E-state index in [9.17, 15) is 8.78 Å². The highest BCUT2D eigenvalue weighted by Gasteiger charge is 2.08. The van der Waals surface area contributed by atoms with E-state index in [1.165, 1.54) is 18.2 Å². The number of nitrogens with one attached hydrogen (secondary N) is 1. The second-order valence-electron chi connectivity index (χ2n) is 3.40. The monoisotopic (exact) mass is 232 g/mol. The van der Waals surface area contributed by atoms with Crippen LogP contribution in [0.2, 0.25) is 0 Å². The molecule has 1 N–H and O–H groups in total. The molecule has 2 rings (SSSR count). The Bertz CT molecular complexity index is 515. The number of anilines is 2. The number of rotatable bonds is 3. The van der Waals surface area contributed by atoms with Gasteiger partial charge in [-0.3, -0.25) is 0 Å². The van der Waals surface area contributed by atoms with E-state index in [2.05, 4.69) is 16.9 Å². The molecule has 2 aromatic rings. The summed E-state index contributed by atoms with van der Waals surface area (Å²) in [6.45, 7) is 3.59. The third kappa shape index (κ3) is 2.47. The van der Waals surface area contributed by atoms with Crippen molar-refractivity contribution in [3.05, 3.63) is 60.3 Å². The minimum absolute atomic E-state index is 0.202. The maximum absolute atomic E-state index is 13.3. The van der Waals surface area contributed by atoms with Gasteiger partial charge in [0.05, 0.1) is 0 Å². The van der Waals surface area contributed by atoms with Crippen LogP contribution in [0.25, 0.3) is 6.08 Å². The number of aromatic nitrogens is 1. The summed E-state index contributed by atoms with van der Waals surface area (Å²) in [7, 11) is 0. The molecule has 0 radical (unpaired) electrons. The average molecular weight is 232 g/mol. The van der Waals surface area contributed by atoms with E-state index in [0.29, 0.717) is 5.82 Å². The predicted octanol–water partition coefficient (Wildman–Crippen LogP) is 3.75. The summed E-state index contributed by atoms with van der Waals surface area (Å²) in [5.41, 5.74) is 0.635. The third-order valence-electron chi connectivity index (χ3n) is 2.24. The normalized spacial score (nSPS) is 10.0. The first kappa shape index (κ1) is 11.3. The molecule has 4 heteroatoms. The van der Waals surface area contributed by atoms with Gasteiger partial charge in [-0.05, 0) is 29.8 Å². The molecule has 0 amide bonds. The fourth-order valence-corrected chi connectivity index (χ4v) is 1.35. The van der Waals surface area contributed by atoms with E-state index in [-0.39, 0.29) is 5.69 Å². The van der Waals surface area contributed by atoms with Gasteiger partial charge in [-0.25, -0.2) is 13.8 Å². The third-order valence-corrected chi connectivity index (χ3v) is 2.24. The molecule has 2 nitrogen and oxygen atoms in total. The molecule has 0 saturated heterocycles. The lowest BCUT2D eigenvalue weighted by atomic mass is 10.2. The maximum atomic E-state index is 13.3. The highest BCUT2D eigenvalue weighted by molar-refractivity contribution is 5.59. The number of hydrogen-bond acceptors (Lipinski definition) is 2. The molecule has 1 aromatic carbocycles. The van der Waals surface area contributed by atoms with Gasteiger partial charge in [-0.2, -0.15) is 0 Å². The Morgan fingerprint density at radius 2 is 1.82 bits per heavy atom. The number of nitrogens with zero attached hydrogens (tertiary/aromatic N) is 1. The highest BCUT2D eigenvalue weighted by atomic mass is 19.1. The van der Waals surface area contributed by atoms with Crippen molar-refractivity contribution < 1.29 is 8.78 Å². The Morgan fingerprint density at radius 3 is 2.35 bits per heavy atom. The molecule has 0 bridgehead atoms. The zero-order chi connectivity index (χ0) is 12.3. The Kier molecular flexibility index (Phi) is 3.14. The van der Waals surface area contributed by atoms with Crippen molar-refractivity contribution in [1.29, 1.82) is 0 Å². The van der Waals surface area contributed by atoms with E-state index in [0.717, 1.165) is 5.56 Å². The first-order valence-corrected chi connectivity index (χ1v) is 5.00. The van der Waals surface area contributed by atoms with Crippen LogP contribution in [0.4, 0.5) is 20.3 Å². The van der Waals surface area contributed by atoms with Gasteiger partial charge in [0.15, 0.2) is 0 Å². The SMILES string of the molecule is C=Cc1ccc(Nc2c(F)cccc2F)nc1. The second kappa shape index (κ2) is 4.74. The summed E-state index contributed by atoms with van der Waals surface area (Å²) in [5, 5.41) is 2.60. The van der Waals surface area contributed by atoms with Crippen LogP contribution in [-0.4, -0.2) is 4.98 Å². The molecule has 0 aliphatic carbocycles. The zero-order valence-corrected chi connectivity index (χ0v) is 8.95. The van der Waals surface area contributed by atoms with E-state index in [1.807, 2.05) is 0 Å². The van der Waals surface area contributed by atoms with Crippen molar-refractivity contribution in [3.63, 3.8) is 0 Å². The van der Waals surface area contributed by atoms with Gasteiger partial charge in [-0.15, -0.1) is 0 Å². The summed E-state index contributed by atoms with van der Waals surface area (Å²) in [5.74, 6) is -0.932. The molecule has 86 valence electrons. The molecular formula is C13H10F2N2. The van der Waals surface area contributed by atoms with Crippen LogP contribution in [0.3, 0.4) is 0 Å². The first-order valence-electron chi connectivity index (χ1n) is 5.00. The lowest BCUT2D eigenvalue weighted by Crippen LogP contribution is -1.98. The Labute approximate surface area is 97.6 Å². The second-order valence-corrected chi connectivity index (χ2v) is 3.40. The van der Waals surface area contributed by atoms with Crippen molar-refractivity contribution >= 4 is 17.6 Å². The van der Waals surface area contributed by atoms with Crippen LogP contribution in [0, 0.1) is 11.6 Å². The van der Waals surface area contributed by atoms with Crippen LogP contribution < -0.4 is 5.32 Å². The molecule has 0 fully saturated rings. The number of halogens is 2. The van der Waals surface area contributed by atoms with Crippen LogP contribution >= 0.6 is 0 Å². The number of benzene rings is 1. The molecule has 0 unspecified atom stereocenters. The van der Waals surface area contributed by atoms with Crippen molar-refractivity contribution in [3.8, 4) is 0 Å². The Morgan fingerprint density at radius 1 is 1.12 bits per heavy atom. The number of hydrogen-bond donors (Lipinski definition) is 1. The van der Waals surface area contributed by atoms with Gasteiger partial charge in [0.25, 0.3) is 0 Å². The summed E-state index contributed by atoms with van der Waals surface area (Å²) < 4.78 is 26.7. The molecule has 1 aromatic heterocycles. The highest BCUT2D eigenvalue weighted by Crippen LogP contribution is 2.21. The summed E-state index contributed by atoms with van der Waals surface area (Å²) in [6.07, 6.45) is 3.20. The fourth-order valence-electron chi connectivity index (χ4n) is 1.35. The molecule has 1 heterocycles. The van der Waals surface area contributed by atoms with Gasteiger partial charge in [0.2, 0.25) is 0 Å². The standard InChI is InChI=1S/C13H10F2N2/c1-2-9-6-7-12(16-8-9)17-13-10(14)4-3-5-11(13)15/h2-8H,1H2,(H,16,17). The predicted molar refractivity (Wildman–Crippen MR) is 64.0 cm³/mol. The van der Waals surface area contributed by atoms with Crippen molar-refractivity contribution in [2.45, 2.75) is 0 Å². The quantitative estimate of drug-likeness (QED) is 0.871. The Hall–Kier alpha value is -2.23. The molecule has 0 aliphatic rings. The molecule has 0 aliphatic heterocycles. The maximum Gasteiger partial charge on any atom is 0.149 e. The van der Waals surface area contributed by atoms with Gasteiger partial charge < -0.3 is 5.32 Å². The van der Waals surface area contributed by atoms with E-state index in [1.54, 1.807) is 24.4 Å². The largest absolute Gasteiger partial charge is 0.335 e. The van der Waals surface area contributed by atoms with E-state index >= 15 is 0 Å². The van der Waals surface area contributed by atoms with Gasteiger partial charge >= 0.3 is 0 Å².